The van der Waals surface area contributed by atoms with Crippen LogP contribution in [0.1, 0.15) is 12.8 Å². The van der Waals surface area contributed by atoms with Gasteiger partial charge in [-0.1, -0.05) is 0 Å². The van der Waals surface area contributed by atoms with E-state index in [1.807, 2.05) is 0 Å². The molecule has 2 rings (SSSR count). The van der Waals surface area contributed by atoms with Crippen LogP contribution in [-0.2, 0) is 19.1 Å². The van der Waals surface area contributed by atoms with E-state index in [9.17, 15) is 14.4 Å². The van der Waals surface area contributed by atoms with Crippen LogP contribution < -0.4 is 10.6 Å². The maximum atomic E-state index is 11.7. The molecule has 0 aromatic rings. The molecule has 2 aliphatic heterocycles. The van der Waals surface area contributed by atoms with E-state index in [2.05, 4.69) is 10.6 Å². The summed E-state index contributed by atoms with van der Waals surface area (Å²) >= 11 is 0. The van der Waals surface area contributed by atoms with Crippen LogP contribution in [0.3, 0.4) is 0 Å². The summed E-state index contributed by atoms with van der Waals surface area (Å²) < 4.78 is 5.03. The van der Waals surface area contributed by atoms with Gasteiger partial charge in [-0.2, -0.15) is 0 Å². The van der Waals surface area contributed by atoms with Crippen molar-refractivity contribution in [3.63, 3.8) is 0 Å². The average molecular weight is 242 g/mol. The molecule has 0 radical (unpaired) electrons. The Kier molecular flexibility index (Phi) is 3.28. The third kappa shape index (κ3) is 2.55. The molecule has 0 spiro atoms. The van der Waals surface area contributed by atoms with Crippen LogP contribution in [0.15, 0.2) is 0 Å². The first-order valence-electron chi connectivity index (χ1n) is 5.48. The first-order valence-corrected chi connectivity index (χ1v) is 5.48. The Morgan fingerprint density at radius 1 is 1.41 bits per heavy atom. The summed E-state index contributed by atoms with van der Waals surface area (Å²) in [6, 6.07) is -1.06. The van der Waals surface area contributed by atoms with Crippen LogP contribution in [0.4, 0.5) is 0 Å². The number of aliphatic carboxylic acids is 1. The van der Waals surface area contributed by atoms with E-state index in [0.717, 1.165) is 0 Å². The summed E-state index contributed by atoms with van der Waals surface area (Å²) in [5.74, 6) is -2.18. The van der Waals surface area contributed by atoms with Gasteiger partial charge in [-0.25, -0.2) is 0 Å². The predicted octanol–water partition coefficient (Wildman–Crippen LogP) is -1.52. The molecule has 0 saturated carbocycles. The van der Waals surface area contributed by atoms with Gasteiger partial charge in [0, 0.05) is 6.42 Å². The summed E-state index contributed by atoms with van der Waals surface area (Å²) in [4.78, 5) is 33.6. The topological polar surface area (TPSA) is 105 Å². The van der Waals surface area contributed by atoms with E-state index in [4.69, 9.17) is 9.84 Å². The van der Waals surface area contributed by atoms with Gasteiger partial charge in [0.25, 0.3) is 0 Å². The lowest BCUT2D eigenvalue weighted by atomic mass is 10.0. The molecule has 0 bridgehead atoms. The van der Waals surface area contributed by atoms with Gasteiger partial charge in [0.2, 0.25) is 11.8 Å². The van der Waals surface area contributed by atoms with Gasteiger partial charge in [-0.3, -0.25) is 14.4 Å². The van der Waals surface area contributed by atoms with Crippen molar-refractivity contribution in [1.82, 2.24) is 10.6 Å². The maximum absolute atomic E-state index is 11.7. The van der Waals surface area contributed by atoms with Gasteiger partial charge in [-0.15, -0.1) is 0 Å². The number of carbonyl (C=O) groups is 3. The fourth-order valence-corrected chi connectivity index (χ4v) is 2.03. The van der Waals surface area contributed by atoms with Crippen LogP contribution in [0.25, 0.3) is 0 Å². The lowest BCUT2D eigenvalue weighted by Gasteiger charge is -2.18. The van der Waals surface area contributed by atoms with Crippen LogP contribution in [0.2, 0.25) is 0 Å². The zero-order chi connectivity index (χ0) is 12.4. The minimum Gasteiger partial charge on any atom is -0.481 e. The van der Waals surface area contributed by atoms with Crippen LogP contribution in [0, 0.1) is 5.92 Å². The average Bonchev–Trinajstić information content (AvgIpc) is 2.86. The van der Waals surface area contributed by atoms with E-state index < -0.39 is 24.0 Å². The maximum Gasteiger partial charge on any atom is 0.311 e. The monoisotopic (exact) mass is 242 g/mol. The van der Waals surface area contributed by atoms with Crippen molar-refractivity contribution in [3.8, 4) is 0 Å². The first-order chi connectivity index (χ1) is 8.08. The molecular weight excluding hydrogens is 228 g/mol. The van der Waals surface area contributed by atoms with E-state index in [1.54, 1.807) is 0 Å². The molecule has 7 nitrogen and oxygen atoms in total. The standard InChI is InChI=1S/C10H14N2O5/c13-8-2-1-6(11-8)9(14)12-7-4-17-3-5(7)10(15)16/h5-7H,1-4H2,(H,11,13)(H,12,14)(H,15,16)/t5?,6-,7?/m0/s1. The van der Waals surface area contributed by atoms with Crippen molar-refractivity contribution in [2.75, 3.05) is 13.2 Å². The second kappa shape index (κ2) is 4.70. The number of hydrogen-bond acceptors (Lipinski definition) is 4. The van der Waals surface area contributed by atoms with Crippen molar-refractivity contribution in [2.45, 2.75) is 24.9 Å². The van der Waals surface area contributed by atoms with Crippen molar-refractivity contribution in [2.24, 2.45) is 5.92 Å². The number of rotatable bonds is 3. The number of ether oxygens (including phenoxy) is 1. The highest BCUT2D eigenvalue weighted by Gasteiger charge is 2.37. The Morgan fingerprint density at radius 3 is 2.76 bits per heavy atom. The molecule has 2 fully saturated rings. The molecular formula is C10H14N2O5. The number of carboxylic acids is 1. The lowest BCUT2D eigenvalue weighted by Crippen LogP contribution is -2.49. The second-order valence-electron chi connectivity index (χ2n) is 4.26. The Labute approximate surface area is 97.5 Å². The summed E-state index contributed by atoms with van der Waals surface area (Å²) in [6.07, 6.45) is 0.789. The Balaban J connectivity index is 1.90. The highest BCUT2D eigenvalue weighted by atomic mass is 16.5. The molecule has 94 valence electrons. The molecule has 7 heteroatoms. The minimum absolute atomic E-state index is 0.108. The summed E-state index contributed by atoms with van der Waals surface area (Å²) in [7, 11) is 0. The van der Waals surface area contributed by atoms with Crippen LogP contribution in [-0.4, -0.2) is 48.2 Å². The van der Waals surface area contributed by atoms with Crippen molar-refractivity contribution in [3.05, 3.63) is 0 Å². The third-order valence-electron chi connectivity index (χ3n) is 3.04. The summed E-state index contributed by atoms with van der Waals surface area (Å²) in [5, 5.41) is 14.0. The van der Waals surface area contributed by atoms with E-state index in [1.165, 1.54) is 0 Å². The van der Waals surface area contributed by atoms with Crippen molar-refractivity contribution >= 4 is 17.8 Å². The number of carbonyl (C=O) groups excluding carboxylic acids is 2. The van der Waals surface area contributed by atoms with Crippen molar-refractivity contribution in [1.29, 1.82) is 0 Å². The van der Waals surface area contributed by atoms with Gasteiger partial charge in [0.1, 0.15) is 12.0 Å². The predicted molar refractivity (Wildman–Crippen MR) is 55.0 cm³/mol. The zero-order valence-electron chi connectivity index (χ0n) is 9.14. The van der Waals surface area contributed by atoms with Crippen LogP contribution >= 0.6 is 0 Å². The molecule has 2 amide bonds. The molecule has 0 aromatic carbocycles. The third-order valence-corrected chi connectivity index (χ3v) is 3.04. The molecule has 2 saturated heterocycles. The molecule has 2 aliphatic rings. The van der Waals surface area contributed by atoms with E-state index in [0.29, 0.717) is 12.8 Å². The van der Waals surface area contributed by atoms with Crippen LogP contribution in [0.5, 0.6) is 0 Å². The molecule has 3 atom stereocenters. The number of carboxylic acid groups (broad SMARTS) is 1. The highest BCUT2D eigenvalue weighted by Crippen LogP contribution is 2.15. The summed E-state index contributed by atoms with van der Waals surface area (Å²) in [5.41, 5.74) is 0. The molecule has 3 N–H and O–H groups in total. The Bertz CT molecular complexity index is 357. The summed E-state index contributed by atoms with van der Waals surface area (Å²) in [6.45, 7) is 0.306. The largest absolute Gasteiger partial charge is 0.481 e. The van der Waals surface area contributed by atoms with Crippen molar-refractivity contribution < 1.29 is 24.2 Å². The molecule has 0 aliphatic carbocycles. The Hall–Kier alpha value is -1.63. The fourth-order valence-electron chi connectivity index (χ4n) is 2.03. The van der Waals surface area contributed by atoms with Gasteiger partial charge in [0.15, 0.2) is 0 Å². The quantitative estimate of drug-likeness (QED) is 0.557. The van der Waals surface area contributed by atoms with Gasteiger partial charge >= 0.3 is 5.97 Å². The molecule has 2 unspecified atom stereocenters. The highest BCUT2D eigenvalue weighted by molar-refractivity contribution is 5.91. The normalized spacial score (nSPS) is 32.2. The SMILES string of the molecule is O=C1CC[C@@H](C(=O)NC2COCC2C(=O)O)N1. The smallest absolute Gasteiger partial charge is 0.311 e. The minimum atomic E-state index is -0.983. The zero-order valence-corrected chi connectivity index (χ0v) is 9.14. The Morgan fingerprint density at radius 2 is 2.18 bits per heavy atom. The lowest BCUT2D eigenvalue weighted by molar-refractivity contribution is -0.142. The number of amides is 2. The number of nitrogens with one attached hydrogen (secondary N) is 2. The second-order valence-corrected chi connectivity index (χ2v) is 4.26. The van der Waals surface area contributed by atoms with E-state index in [-0.39, 0.29) is 25.0 Å². The molecule has 0 aromatic heterocycles. The van der Waals surface area contributed by atoms with E-state index >= 15 is 0 Å². The van der Waals surface area contributed by atoms with Gasteiger partial charge < -0.3 is 20.5 Å². The van der Waals surface area contributed by atoms with Gasteiger partial charge in [0.05, 0.1) is 19.3 Å². The first kappa shape index (κ1) is 11.8. The fraction of sp³-hybridized carbons (Fsp3) is 0.700. The molecule has 17 heavy (non-hydrogen) atoms. The molecule has 2 heterocycles. The van der Waals surface area contributed by atoms with Gasteiger partial charge in [-0.05, 0) is 6.42 Å². The number of hydrogen-bond donors (Lipinski definition) is 3.